The Morgan fingerprint density at radius 2 is 1.31 bits per heavy atom. The van der Waals surface area contributed by atoms with E-state index in [1.807, 2.05) is 30.3 Å². The van der Waals surface area contributed by atoms with Crippen molar-refractivity contribution in [2.45, 2.75) is 25.7 Å². The molecule has 5 aromatic rings. The molecule has 0 atom stereocenters. The summed E-state index contributed by atoms with van der Waals surface area (Å²) in [7, 11) is 0. The number of hydrogen-bond acceptors (Lipinski definition) is 4. The zero-order chi connectivity index (χ0) is 24.2. The molecule has 0 aliphatic carbocycles. The van der Waals surface area contributed by atoms with E-state index in [0.717, 1.165) is 35.1 Å². The maximum Gasteiger partial charge on any atom is 0.196 e. The van der Waals surface area contributed by atoms with Crippen LogP contribution < -0.4 is 5.43 Å². The molecule has 0 amide bonds. The smallest absolute Gasteiger partial charge is 0.196 e. The minimum atomic E-state index is -0.0574. The number of phenolic OH excluding ortho intramolecular Hbond substituents is 2. The van der Waals surface area contributed by atoms with Crippen LogP contribution >= 0.6 is 0 Å². The number of phenols is 2. The standard InChI is InChI=1S/C31H26O4/c32-25-15-11-21(12-16-25)5-4-8-29-28(31(34)27-18-17-26(33)20-30(27)35-29)19-22-9-13-24(14-10-22)23-6-2-1-3-7-23/h1-3,6-7,9-18,20,32-33H,4-5,8,19H2. The van der Waals surface area contributed by atoms with Gasteiger partial charge < -0.3 is 14.6 Å². The van der Waals surface area contributed by atoms with Crippen molar-refractivity contribution >= 4 is 11.0 Å². The number of benzene rings is 4. The molecule has 0 unspecified atom stereocenters. The molecule has 4 heteroatoms. The minimum Gasteiger partial charge on any atom is -0.508 e. The molecule has 0 saturated heterocycles. The van der Waals surface area contributed by atoms with Crippen LogP contribution in [0.15, 0.2) is 106 Å². The van der Waals surface area contributed by atoms with Crippen LogP contribution in [0, 0.1) is 0 Å². The van der Waals surface area contributed by atoms with E-state index in [4.69, 9.17) is 4.42 Å². The van der Waals surface area contributed by atoms with Gasteiger partial charge in [-0.05, 0) is 59.4 Å². The van der Waals surface area contributed by atoms with E-state index in [-0.39, 0.29) is 16.9 Å². The summed E-state index contributed by atoms with van der Waals surface area (Å²) in [6.45, 7) is 0. The highest BCUT2D eigenvalue weighted by Crippen LogP contribution is 2.25. The van der Waals surface area contributed by atoms with Gasteiger partial charge in [0.15, 0.2) is 5.43 Å². The van der Waals surface area contributed by atoms with Gasteiger partial charge in [0.2, 0.25) is 0 Å². The molecule has 0 radical (unpaired) electrons. The monoisotopic (exact) mass is 462 g/mol. The Hall–Kier alpha value is -4.31. The van der Waals surface area contributed by atoms with Crippen molar-refractivity contribution in [3.63, 3.8) is 0 Å². The van der Waals surface area contributed by atoms with Crippen molar-refractivity contribution in [2.75, 3.05) is 0 Å². The third-order valence-electron chi connectivity index (χ3n) is 6.30. The summed E-state index contributed by atoms with van der Waals surface area (Å²) in [5.41, 5.74) is 5.43. The van der Waals surface area contributed by atoms with Gasteiger partial charge in [0.1, 0.15) is 22.8 Å². The third-order valence-corrected chi connectivity index (χ3v) is 6.30. The quantitative estimate of drug-likeness (QED) is 0.285. The van der Waals surface area contributed by atoms with Crippen molar-refractivity contribution in [3.8, 4) is 22.6 Å². The van der Waals surface area contributed by atoms with E-state index in [9.17, 15) is 15.0 Å². The summed E-state index contributed by atoms with van der Waals surface area (Å²) >= 11 is 0. The Labute approximate surface area is 203 Å². The Balaban J connectivity index is 1.44. The lowest BCUT2D eigenvalue weighted by Gasteiger charge is -2.11. The molecule has 0 saturated carbocycles. The van der Waals surface area contributed by atoms with Crippen molar-refractivity contribution in [2.24, 2.45) is 0 Å². The van der Waals surface area contributed by atoms with Gasteiger partial charge in [0.25, 0.3) is 0 Å². The molecule has 174 valence electrons. The average molecular weight is 463 g/mol. The maximum atomic E-state index is 13.5. The van der Waals surface area contributed by atoms with Gasteiger partial charge in [0, 0.05) is 24.5 Å². The van der Waals surface area contributed by atoms with Gasteiger partial charge in [-0.25, -0.2) is 0 Å². The fraction of sp³-hybridized carbons (Fsp3) is 0.129. The summed E-state index contributed by atoms with van der Waals surface area (Å²) in [5.74, 6) is 0.966. The number of hydrogen-bond donors (Lipinski definition) is 2. The van der Waals surface area contributed by atoms with Gasteiger partial charge in [0.05, 0.1) is 5.39 Å². The lowest BCUT2D eigenvalue weighted by Crippen LogP contribution is -2.14. The predicted octanol–water partition coefficient (Wildman–Crippen LogP) is 6.64. The Morgan fingerprint density at radius 3 is 2.06 bits per heavy atom. The van der Waals surface area contributed by atoms with Crippen LogP contribution in [0.5, 0.6) is 11.5 Å². The molecule has 1 aromatic heterocycles. The highest BCUT2D eigenvalue weighted by Gasteiger charge is 2.16. The van der Waals surface area contributed by atoms with Crippen molar-refractivity contribution in [3.05, 3.63) is 130 Å². The number of rotatable bonds is 7. The SMILES string of the molecule is O=c1c(Cc2ccc(-c3ccccc3)cc2)c(CCCc2ccc(O)cc2)oc2cc(O)ccc12. The van der Waals surface area contributed by atoms with Crippen molar-refractivity contribution < 1.29 is 14.6 Å². The molecule has 0 fully saturated rings. The van der Waals surface area contributed by atoms with Crippen LogP contribution in [0.2, 0.25) is 0 Å². The van der Waals surface area contributed by atoms with Crippen LogP contribution in [0.4, 0.5) is 0 Å². The maximum absolute atomic E-state index is 13.5. The van der Waals surface area contributed by atoms with E-state index in [1.165, 1.54) is 12.1 Å². The average Bonchev–Trinajstić information content (AvgIpc) is 2.88. The number of aromatic hydroxyl groups is 2. The number of fused-ring (bicyclic) bond motifs is 1. The van der Waals surface area contributed by atoms with E-state index in [2.05, 4.69) is 36.4 Å². The van der Waals surface area contributed by atoms with Crippen molar-refractivity contribution in [1.82, 2.24) is 0 Å². The second-order valence-corrected chi connectivity index (χ2v) is 8.77. The molecular formula is C31H26O4. The normalized spacial score (nSPS) is 11.1. The van der Waals surface area contributed by atoms with Crippen molar-refractivity contribution in [1.29, 1.82) is 0 Å². The first-order valence-electron chi connectivity index (χ1n) is 11.8. The lowest BCUT2D eigenvalue weighted by atomic mass is 9.97. The van der Waals surface area contributed by atoms with Crippen LogP contribution in [0.25, 0.3) is 22.1 Å². The molecule has 4 aromatic carbocycles. The topological polar surface area (TPSA) is 70.7 Å². The van der Waals surface area contributed by atoms with Gasteiger partial charge in [-0.2, -0.15) is 0 Å². The minimum absolute atomic E-state index is 0.0574. The molecule has 0 spiro atoms. The zero-order valence-corrected chi connectivity index (χ0v) is 19.3. The number of aryl methyl sites for hydroxylation is 2. The molecular weight excluding hydrogens is 436 g/mol. The summed E-state index contributed by atoms with van der Waals surface area (Å²) in [4.78, 5) is 13.5. The van der Waals surface area contributed by atoms with Gasteiger partial charge in [-0.1, -0.05) is 66.7 Å². The summed E-state index contributed by atoms with van der Waals surface area (Å²) in [5, 5.41) is 19.9. The van der Waals surface area contributed by atoms with E-state index in [0.29, 0.717) is 35.1 Å². The van der Waals surface area contributed by atoms with Crippen LogP contribution in [0.1, 0.15) is 28.9 Å². The fourth-order valence-electron chi connectivity index (χ4n) is 4.41. The molecule has 0 bridgehead atoms. The summed E-state index contributed by atoms with van der Waals surface area (Å²) in [6, 6.07) is 30.3. The van der Waals surface area contributed by atoms with Crippen LogP contribution in [-0.4, -0.2) is 10.2 Å². The second kappa shape index (κ2) is 9.90. The molecule has 35 heavy (non-hydrogen) atoms. The zero-order valence-electron chi connectivity index (χ0n) is 19.3. The second-order valence-electron chi connectivity index (χ2n) is 8.77. The van der Waals surface area contributed by atoms with E-state index in [1.54, 1.807) is 18.2 Å². The molecule has 5 rings (SSSR count). The van der Waals surface area contributed by atoms with E-state index >= 15 is 0 Å². The third kappa shape index (κ3) is 5.12. The molecule has 2 N–H and O–H groups in total. The first kappa shape index (κ1) is 22.5. The Bertz CT molecular complexity index is 1500. The Kier molecular flexibility index (Phi) is 6.36. The first-order valence-corrected chi connectivity index (χ1v) is 11.8. The fourth-order valence-corrected chi connectivity index (χ4v) is 4.41. The van der Waals surface area contributed by atoms with Gasteiger partial charge >= 0.3 is 0 Å². The Morgan fingerprint density at radius 1 is 0.657 bits per heavy atom. The molecule has 4 nitrogen and oxygen atoms in total. The largest absolute Gasteiger partial charge is 0.508 e. The van der Waals surface area contributed by atoms with Crippen LogP contribution in [0.3, 0.4) is 0 Å². The summed E-state index contributed by atoms with van der Waals surface area (Å²) < 4.78 is 6.18. The molecule has 0 aliphatic rings. The first-order chi connectivity index (χ1) is 17.1. The summed E-state index contributed by atoms with van der Waals surface area (Å²) in [6.07, 6.45) is 2.66. The van der Waals surface area contributed by atoms with E-state index < -0.39 is 0 Å². The highest BCUT2D eigenvalue weighted by molar-refractivity contribution is 5.79. The molecule has 0 aliphatic heterocycles. The van der Waals surface area contributed by atoms with Gasteiger partial charge in [-0.3, -0.25) is 4.79 Å². The van der Waals surface area contributed by atoms with Crippen LogP contribution in [-0.2, 0) is 19.3 Å². The predicted molar refractivity (Wildman–Crippen MR) is 139 cm³/mol. The van der Waals surface area contributed by atoms with Gasteiger partial charge in [-0.15, -0.1) is 0 Å². The molecule has 1 heterocycles. The lowest BCUT2D eigenvalue weighted by molar-refractivity contribution is 0.471. The highest BCUT2D eigenvalue weighted by atomic mass is 16.3.